The fraction of sp³-hybridized carbons (Fsp3) is 0.0357. The molecule has 1 aromatic heterocycles. The number of halogens is 1. The molecule has 0 aliphatic rings. The predicted molar refractivity (Wildman–Crippen MR) is 136 cm³/mol. The lowest BCUT2D eigenvalue weighted by Crippen LogP contribution is -2.34. The van der Waals surface area contributed by atoms with E-state index in [2.05, 4.69) is 15.6 Å². The number of carbonyl (C=O) groups is 2. The number of amides is 2. The smallest absolute Gasteiger partial charge is 0.268 e. The monoisotopic (exact) mass is 483 g/mol. The molecule has 35 heavy (non-hydrogen) atoms. The van der Waals surface area contributed by atoms with Gasteiger partial charge in [0, 0.05) is 29.5 Å². The molecule has 0 radical (unpaired) electrons. The Balaban J connectivity index is 1.57. The largest absolute Gasteiger partial charge is 0.457 e. The quantitative estimate of drug-likeness (QED) is 0.319. The number of hydrogen-bond donors (Lipinski definition) is 2. The zero-order valence-corrected chi connectivity index (χ0v) is 19.4. The topological polar surface area (TPSA) is 80.3 Å². The molecule has 3 aromatic carbocycles. The second kappa shape index (κ2) is 11.6. The molecule has 6 nitrogen and oxygen atoms in total. The molecule has 0 atom stereocenters. The van der Waals surface area contributed by atoms with Gasteiger partial charge in [0.25, 0.3) is 11.8 Å². The highest BCUT2D eigenvalue weighted by Crippen LogP contribution is 2.23. The number of carbonyl (C=O) groups excluding carboxylic acids is 2. The summed E-state index contributed by atoms with van der Waals surface area (Å²) in [5.41, 5.74) is 2.04. The summed E-state index contributed by atoms with van der Waals surface area (Å²) < 4.78 is 5.89. The maximum atomic E-state index is 13.1. The third-order valence-electron chi connectivity index (χ3n) is 4.95. The number of benzene rings is 3. The molecule has 0 saturated carbocycles. The highest BCUT2D eigenvalue weighted by molar-refractivity contribution is 6.30. The van der Waals surface area contributed by atoms with Crippen LogP contribution in [0.5, 0.6) is 11.5 Å². The molecule has 0 aliphatic carbocycles. The Kier molecular flexibility index (Phi) is 7.88. The second-order valence-corrected chi connectivity index (χ2v) is 7.98. The number of rotatable bonds is 8. The Hall–Kier alpha value is -4.42. The lowest BCUT2D eigenvalue weighted by Gasteiger charge is -2.12. The van der Waals surface area contributed by atoms with E-state index in [1.165, 1.54) is 0 Å². The minimum atomic E-state index is -0.432. The van der Waals surface area contributed by atoms with Crippen LogP contribution < -0.4 is 15.4 Å². The fourth-order valence-corrected chi connectivity index (χ4v) is 3.32. The van der Waals surface area contributed by atoms with Crippen LogP contribution >= 0.6 is 11.6 Å². The number of nitrogens with one attached hydrogen (secondary N) is 2. The van der Waals surface area contributed by atoms with Gasteiger partial charge in [0.15, 0.2) is 0 Å². The van der Waals surface area contributed by atoms with Crippen LogP contribution in [0.15, 0.2) is 109 Å². The first-order valence-electron chi connectivity index (χ1n) is 10.9. The van der Waals surface area contributed by atoms with Gasteiger partial charge in [-0.05, 0) is 77.9 Å². The SMILES string of the molecule is O=C(NCc1ccncc1)/C(=C/c1cccc(Oc2ccccc2)c1)NC(=O)c1ccc(Cl)cc1. The van der Waals surface area contributed by atoms with Crippen molar-refractivity contribution in [1.82, 2.24) is 15.6 Å². The molecule has 4 aromatic rings. The van der Waals surface area contributed by atoms with Crippen LogP contribution in [0.3, 0.4) is 0 Å². The average molecular weight is 484 g/mol. The third kappa shape index (κ3) is 7.03. The van der Waals surface area contributed by atoms with E-state index in [1.54, 1.807) is 60.9 Å². The van der Waals surface area contributed by atoms with Crippen molar-refractivity contribution in [3.8, 4) is 11.5 Å². The summed E-state index contributed by atoms with van der Waals surface area (Å²) >= 11 is 5.93. The minimum absolute atomic E-state index is 0.0934. The van der Waals surface area contributed by atoms with Crippen molar-refractivity contribution in [1.29, 1.82) is 0 Å². The molecule has 0 spiro atoms. The first-order valence-corrected chi connectivity index (χ1v) is 11.2. The van der Waals surface area contributed by atoms with Gasteiger partial charge in [-0.1, -0.05) is 41.9 Å². The Morgan fingerprint density at radius 2 is 1.57 bits per heavy atom. The molecule has 7 heteroatoms. The molecule has 1 heterocycles. The van der Waals surface area contributed by atoms with E-state index in [-0.39, 0.29) is 12.2 Å². The summed E-state index contributed by atoms with van der Waals surface area (Å²) in [5, 5.41) is 6.07. The molecular formula is C28H22ClN3O3. The Morgan fingerprint density at radius 3 is 2.31 bits per heavy atom. The van der Waals surface area contributed by atoms with Crippen LogP contribution in [-0.2, 0) is 11.3 Å². The maximum Gasteiger partial charge on any atom is 0.268 e. The molecule has 0 saturated heterocycles. The van der Waals surface area contributed by atoms with E-state index in [0.717, 1.165) is 5.56 Å². The number of para-hydroxylation sites is 1. The molecule has 0 fully saturated rings. The number of ether oxygens (including phenoxy) is 1. The van der Waals surface area contributed by atoms with E-state index < -0.39 is 11.8 Å². The third-order valence-corrected chi connectivity index (χ3v) is 5.20. The molecule has 0 aliphatic heterocycles. The summed E-state index contributed by atoms with van der Waals surface area (Å²) in [6, 6.07) is 26.7. The van der Waals surface area contributed by atoms with Crippen LogP contribution in [0.1, 0.15) is 21.5 Å². The van der Waals surface area contributed by atoms with Crippen molar-refractivity contribution in [3.05, 3.63) is 131 Å². The van der Waals surface area contributed by atoms with Gasteiger partial charge >= 0.3 is 0 Å². The van der Waals surface area contributed by atoms with Crippen molar-refractivity contribution in [2.75, 3.05) is 0 Å². The standard InChI is InChI=1S/C28H22ClN3O3/c29-23-11-9-22(10-12-23)27(33)32-26(28(34)31-19-20-13-15-30-16-14-20)18-21-5-4-8-25(17-21)35-24-6-2-1-3-7-24/h1-18H,19H2,(H,31,34)(H,32,33)/b26-18-. The summed E-state index contributed by atoms with van der Waals surface area (Å²) in [6.07, 6.45) is 4.91. The van der Waals surface area contributed by atoms with Crippen LogP contribution in [-0.4, -0.2) is 16.8 Å². The van der Waals surface area contributed by atoms with Gasteiger partial charge in [-0.3, -0.25) is 14.6 Å². The zero-order valence-electron chi connectivity index (χ0n) is 18.6. The molecular weight excluding hydrogens is 462 g/mol. The van der Waals surface area contributed by atoms with E-state index in [4.69, 9.17) is 16.3 Å². The first kappa shape index (κ1) is 23.7. The maximum absolute atomic E-state index is 13.1. The number of hydrogen-bond acceptors (Lipinski definition) is 4. The normalized spacial score (nSPS) is 10.9. The summed E-state index contributed by atoms with van der Waals surface area (Å²) in [6.45, 7) is 0.284. The lowest BCUT2D eigenvalue weighted by molar-refractivity contribution is -0.117. The summed E-state index contributed by atoms with van der Waals surface area (Å²) in [5.74, 6) is 0.438. The first-order chi connectivity index (χ1) is 17.1. The number of aromatic nitrogens is 1. The molecule has 4 rings (SSSR count). The van der Waals surface area contributed by atoms with E-state index in [9.17, 15) is 9.59 Å². The fourth-order valence-electron chi connectivity index (χ4n) is 3.19. The van der Waals surface area contributed by atoms with E-state index in [0.29, 0.717) is 27.6 Å². The van der Waals surface area contributed by atoms with Crippen molar-refractivity contribution in [2.45, 2.75) is 6.54 Å². The zero-order chi connectivity index (χ0) is 24.5. The summed E-state index contributed by atoms with van der Waals surface area (Å²) in [7, 11) is 0. The Labute approximate surface area is 208 Å². The van der Waals surface area contributed by atoms with Crippen molar-refractivity contribution < 1.29 is 14.3 Å². The van der Waals surface area contributed by atoms with Crippen molar-refractivity contribution in [3.63, 3.8) is 0 Å². The van der Waals surface area contributed by atoms with Gasteiger partial charge in [-0.15, -0.1) is 0 Å². The minimum Gasteiger partial charge on any atom is -0.457 e. The van der Waals surface area contributed by atoms with Gasteiger partial charge in [-0.2, -0.15) is 0 Å². The Bertz CT molecular complexity index is 1320. The molecule has 2 amide bonds. The second-order valence-electron chi connectivity index (χ2n) is 7.54. The number of pyridine rings is 1. The van der Waals surface area contributed by atoms with Crippen LogP contribution in [0.2, 0.25) is 5.02 Å². The lowest BCUT2D eigenvalue weighted by atomic mass is 10.1. The van der Waals surface area contributed by atoms with Gasteiger partial charge in [0.05, 0.1) is 0 Å². The van der Waals surface area contributed by atoms with Gasteiger partial charge < -0.3 is 15.4 Å². The van der Waals surface area contributed by atoms with E-state index in [1.807, 2.05) is 48.5 Å². The Morgan fingerprint density at radius 1 is 0.857 bits per heavy atom. The average Bonchev–Trinajstić information content (AvgIpc) is 2.88. The highest BCUT2D eigenvalue weighted by Gasteiger charge is 2.15. The molecule has 2 N–H and O–H groups in total. The highest BCUT2D eigenvalue weighted by atomic mass is 35.5. The summed E-state index contributed by atoms with van der Waals surface area (Å²) in [4.78, 5) is 29.9. The molecule has 0 unspecified atom stereocenters. The van der Waals surface area contributed by atoms with Crippen LogP contribution in [0.25, 0.3) is 6.08 Å². The molecule has 174 valence electrons. The number of nitrogens with zero attached hydrogens (tertiary/aromatic N) is 1. The van der Waals surface area contributed by atoms with Gasteiger partial charge in [0.1, 0.15) is 17.2 Å². The van der Waals surface area contributed by atoms with Crippen LogP contribution in [0, 0.1) is 0 Å². The van der Waals surface area contributed by atoms with Crippen LogP contribution in [0.4, 0.5) is 0 Å². The van der Waals surface area contributed by atoms with Crippen molar-refractivity contribution in [2.24, 2.45) is 0 Å². The predicted octanol–water partition coefficient (Wildman–Crippen LogP) is 5.61. The van der Waals surface area contributed by atoms with Gasteiger partial charge in [-0.25, -0.2) is 0 Å². The van der Waals surface area contributed by atoms with Gasteiger partial charge in [0.2, 0.25) is 0 Å². The molecule has 0 bridgehead atoms. The van der Waals surface area contributed by atoms with E-state index >= 15 is 0 Å². The van der Waals surface area contributed by atoms with Crippen molar-refractivity contribution >= 4 is 29.5 Å².